The van der Waals surface area contributed by atoms with E-state index in [1.807, 2.05) is 33.8 Å². The quantitative estimate of drug-likeness (QED) is 0.273. The molecule has 1 atom stereocenters. The monoisotopic (exact) mass is 617 g/mol. The van der Waals surface area contributed by atoms with Crippen LogP contribution in [0.1, 0.15) is 43.0 Å². The highest BCUT2D eigenvalue weighted by atomic mass is 35.5. The summed E-state index contributed by atoms with van der Waals surface area (Å²) >= 11 is 12.9. The number of carbonyl (C=O) groups excluding carboxylic acids is 2. The van der Waals surface area contributed by atoms with Crippen molar-refractivity contribution in [2.75, 3.05) is 17.4 Å². The van der Waals surface area contributed by atoms with E-state index in [2.05, 4.69) is 5.32 Å². The van der Waals surface area contributed by atoms with Gasteiger partial charge < -0.3 is 10.2 Å². The lowest BCUT2D eigenvalue weighted by molar-refractivity contribution is -0.139. The summed E-state index contributed by atoms with van der Waals surface area (Å²) in [6.45, 7) is 10.9. The van der Waals surface area contributed by atoms with E-state index in [0.717, 1.165) is 15.4 Å². The highest BCUT2D eigenvalue weighted by molar-refractivity contribution is 7.92. The smallest absolute Gasteiger partial charge is 0.264 e. The minimum Gasteiger partial charge on any atom is -0.354 e. The van der Waals surface area contributed by atoms with E-state index in [9.17, 15) is 18.0 Å². The van der Waals surface area contributed by atoms with Crippen molar-refractivity contribution in [3.05, 3.63) is 93.0 Å². The molecule has 0 aliphatic heterocycles. The number of hydrogen-bond donors (Lipinski definition) is 1. The average Bonchev–Trinajstić information content (AvgIpc) is 2.90. The number of nitrogens with one attached hydrogen (secondary N) is 1. The van der Waals surface area contributed by atoms with Crippen molar-refractivity contribution in [1.29, 1.82) is 0 Å². The second kappa shape index (κ2) is 13.7. The fourth-order valence-electron chi connectivity index (χ4n) is 4.32. The number of nitrogens with zero attached hydrogens (tertiary/aromatic N) is 2. The third-order valence-electron chi connectivity index (χ3n) is 6.75. The number of sulfonamides is 1. The maximum atomic E-state index is 14.1. The van der Waals surface area contributed by atoms with Gasteiger partial charge in [0.25, 0.3) is 10.0 Å². The Balaban J connectivity index is 2.09. The second-order valence-corrected chi connectivity index (χ2v) is 13.3. The lowest BCUT2D eigenvalue weighted by Gasteiger charge is -2.33. The first-order chi connectivity index (χ1) is 19.2. The van der Waals surface area contributed by atoms with Gasteiger partial charge >= 0.3 is 0 Å². The third-order valence-corrected chi connectivity index (χ3v) is 9.23. The molecule has 0 fully saturated rings. The van der Waals surface area contributed by atoms with Gasteiger partial charge in [-0.1, -0.05) is 78.5 Å². The van der Waals surface area contributed by atoms with Gasteiger partial charge in [0.15, 0.2) is 0 Å². The van der Waals surface area contributed by atoms with Crippen LogP contribution in [0.4, 0.5) is 5.69 Å². The molecule has 0 saturated carbocycles. The molecule has 3 rings (SSSR count). The van der Waals surface area contributed by atoms with E-state index in [1.54, 1.807) is 56.3 Å². The Hall–Kier alpha value is -3.07. The van der Waals surface area contributed by atoms with Gasteiger partial charge in [-0.05, 0) is 69.5 Å². The van der Waals surface area contributed by atoms with Crippen molar-refractivity contribution in [3.8, 4) is 0 Å². The van der Waals surface area contributed by atoms with Crippen molar-refractivity contribution in [3.63, 3.8) is 0 Å². The summed E-state index contributed by atoms with van der Waals surface area (Å²) in [5, 5.41) is 3.54. The van der Waals surface area contributed by atoms with E-state index >= 15 is 0 Å². The number of anilines is 1. The van der Waals surface area contributed by atoms with Crippen LogP contribution in [-0.4, -0.2) is 44.3 Å². The van der Waals surface area contributed by atoms with Crippen LogP contribution in [0, 0.1) is 26.7 Å². The first kappa shape index (κ1) is 32.4. The van der Waals surface area contributed by atoms with Gasteiger partial charge in [-0.25, -0.2) is 8.42 Å². The molecule has 7 nitrogen and oxygen atoms in total. The first-order valence-electron chi connectivity index (χ1n) is 13.4. The molecule has 220 valence electrons. The molecule has 41 heavy (non-hydrogen) atoms. The zero-order valence-electron chi connectivity index (χ0n) is 24.2. The molecule has 0 aromatic heterocycles. The maximum absolute atomic E-state index is 14.1. The molecule has 0 spiro atoms. The van der Waals surface area contributed by atoms with Crippen LogP contribution in [0.3, 0.4) is 0 Å². The molecule has 0 aliphatic rings. The van der Waals surface area contributed by atoms with Crippen molar-refractivity contribution in [2.45, 2.75) is 59.0 Å². The zero-order valence-corrected chi connectivity index (χ0v) is 26.6. The van der Waals surface area contributed by atoms with E-state index in [-0.39, 0.29) is 23.3 Å². The molecule has 3 aromatic rings. The lowest BCUT2D eigenvalue weighted by atomic mass is 10.1. The summed E-state index contributed by atoms with van der Waals surface area (Å²) in [5.74, 6) is -0.744. The predicted octanol–water partition coefficient (Wildman–Crippen LogP) is 6.30. The second-order valence-electron chi connectivity index (χ2n) is 10.7. The van der Waals surface area contributed by atoms with Gasteiger partial charge in [0.1, 0.15) is 12.6 Å². The summed E-state index contributed by atoms with van der Waals surface area (Å²) in [5.41, 5.74) is 3.39. The van der Waals surface area contributed by atoms with E-state index in [0.29, 0.717) is 33.4 Å². The Bertz CT molecular complexity index is 1490. The van der Waals surface area contributed by atoms with Gasteiger partial charge in [0.2, 0.25) is 11.8 Å². The third kappa shape index (κ3) is 8.03. The number of aryl methyl sites for hydroxylation is 3. The van der Waals surface area contributed by atoms with Crippen molar-refractivity contribution < 1.29 is 18.0 Å². The van der Waals surface area contributed by atoms with Crippen LogP contribution < -0.4 is 9.62 Å². The Morgan fingerprint density at radius 2 is 1.46 bits per heavy atom. The van der Waals surface area contributed by atoms with Gasteiger partial charge in [-0.3, -0.25) is 13.9 Å². The van der Waals surface area contributed by atoms with Crippen LogP contribution >= 0.6 is 23.2 Å². The molecule has 3 aromatic carbocycles. The average molecular weight is 619 g/mol. The minimum absolute atomic E-state index is 0.0549. The maximum Gasteiger partial charge on any atom is 0.264 e. The van der Waals surface area contributed by atoms with Crippen LogP contribution in [0.15, 0.2) is 65.6 Å². The Labute approximate surface area is 253 Å². The number of halogens is 2. The molecular weight excluding hydrogens is 581 g/mol. The summed E-state index contributed by atoms with van der Waals surface area (Å²) in [6.07, 6.45) is 0. The standard InChI is InChI=1S/C31H37Cl2N3O4S/c1-20(2)17-34-31(38)24(6)35(18-26-27(32)8-7-9-28(26)33)30(37)19-36(29-15-12-22(4)16-23(29)5)41(39,40)25-13-10-21(3)11-14-25/h7-16,20,24H,17-19H2,1-6H3,(H,34,38). The SMILES string of the molecule is Cc1ccc(S(=O)(=O)N(CC(=O)N(Cc2c(Cl)cccc2Cl)C(C)C(=O)NCC(C)C)c2ccc(C)cc2C)cc1. The normalized spacial score (nSPS) is 12.2. The van der Waals surface area contributed by atoms with Gasteiger partial charge in [0, 0.05) is 28.7 Å². The van der Waals surface area contributed by atoms with Crippen LogP contribution in [0.2, 0.25) is 10.0 Å². The van der Waals surface area contributed by atoms with E-state index in [1.165, 1.54) is 17.0 Å². The van der Waals surface area contributed by atoms with Gasteiger partial charge in [-0.15, -0.1) is 0 Å². The topological polar surface area (TPSA) is 86.8 Å². The highest BCUT2D eigenvalue weighted by Crippen LogP contribution is 2.30. The molecule has 0 radical (unpaired) electrons. The molecule has 10 heteroatoms. The van der Waals surface area contributed by atoms with E-state index in [4.69, 9.17) is 23.2 Å². The Kier molecular flexibility index (Phi) is 10.9. The molecule has 0 heterocycles. The molecule has 1 unspecified atom stereocenters. The zero-order chi connectivity index (χ0) is 30.5. The number of rotatable bonds is 11. The highest BCUT2D eigenvalue weighted by Gasteiger charge is 2.33. The van der Waals surface area contributed by atoms with Crippen molar-refractivity contribution in [1.82, 2.24) is 10.2 Å². The van der Waals surface area contributed by atoms with Gasteiger partial charge in [0.05, 0.1) is 10.6 Å². The molecule has 0 aliphatic carbocycles. The minimum atomic E-state index is -4.16. The molecule has 0 saturated heterocycles. The largest absolute Gasteiger partial charge is 0.354 e. The summed E-state index contributed by atoms with van der Waals surface area (Å²) in [6, 6.07) is 15.9. The van der Waals surface area contributed by atoms with Gasteiger partial charge in [-0.2, -0.15) is 0 Å². The van der Waals surface area contributed by atoms with Crippen molar-refractivity contribution in [2.24, 2.45) is 5.92 Å². The molecule has 2 amide bonds. The molecule has 1 N–H and O–H groups in total. The summed E-state index contributed by atoms with van der Waals surface area (Å²) < 4.78 is 29.1. The fraction of sp³-hybridized carbons (Fsp3) is 0.355. The summed E-state index contributed by atoms with van der Waals surface area (Å²) in [7, 11) is -4.16. The number of amides is 2. The number of carbonyl (C=O) groups is 2. The first-order valence-corrected chi connectivity index (χ1v) is 15.6. The fourth-order valence-corrected chi connectivity index (χ4v) is 6.32. The molecule has 0 bridgehead atoms. The lowest BCUT2D eigenvalue weighted by Crippen LogP contribution is -2.51. The number of benzene rings is 3. The number of hydrogen-bond acceptors (Lipinski definition) is 4. The summed E-state index contributed by atoms with van der Waals surface area (Å²) in [4.78, 5) is 28.6. The van der Waals surface area contributed by atoms with Crippen molar-refractivity contribution >= 4 is 50.7 Å². The van der Waals surface area contributed by atoms with Crippen LogP contribution in [0.5, 0.6) is 0 Å². The van der Waals surface area contributed by atoms with Crippen LogP contribution in [0.25, 0.3) is 0 Å². The van der Waals surface area contributed by atoms with E-state index < -0.39 is 28.5 Å². The van der Waals surface area contributed by atoms with Crippen LogP contribution in [-0.2, 0) is 26.2 Å². The predicted molar refractivity (Wildman–Crippen MR) is 166 cm³/mol. The molecular formula is C31H37Cl2N3O4S. The Morgan fingerprint density at radius 3 is 2.02 bits per heavy atom. The Morgan fingerprint density at radius 1 is 0.878 bits per heavy atom.